The maximum Gasteiger partial charge on any atom is 0.327 e. The van der Waals surface area contributed by atoms with E-state index in [1.54, 1.807) is 37.8 Å². The van der Waals surface area contributed by atoms with Crippen molar-refractivity contribution in [2.75, 3.05) is 0 Å². The van der Waals surface area contributed by atoms with Crippen LogP contribution in [0.25, 0.3) is 11.0 Å². The number of amides is 1. The minimum atomic E-state index is -0.668. The van der Waals surface area contributed by atoms with E-state index in [4.69, 9.17) is 0 Å². The van der Waals surface area contributed by atoms with Crippen molar-refractivity contribution in [2.45, 2.75) is 19.9 Å². The van der Waals surface area contributed by atoms with Gasteiger partial charge in [0.25, 0.3) is 11.5 Å². The predicted octanol–water partition coefficient (Wildman–Crippen LogP) is 0.144. The molecule has 3 aromatic heterocycles. The van der Waals surface area contributed by atoms with Crippen molar-refractivity contribution in [3.63, 3.8) is 0 Å². The van der Waals surface area contributed by atoms with Gasteiger partial charge in [-0.2, -0.15) is 5.10 Å². The first-order chi connectivity index (χ1) is 11.3. The van der Waals surface area contributed by atoms with Crippen molar-refractivity contribution in [1.82, 2.24) is 30.0 Å². The first-order valence-corrected chi connectivity index (χ1v) is 7.29. The number of carbonyl (C=O) groups excluding carboxylic acids is 1. The summed E-state index contributed by atoms with van der Waals surface area (Å²) in [5, 5.41) is 7.28. The highest BCUT2D eigenvalue weighted by Gasteiger charge is 2.17. The Labute approximate surface area is 135 Å². The maximum atomic E-state index is 12.4. The summed E-state index contributed by atoms with van der Waals surface area (Å²) in [5.41, 5.74) is 0.260. The summed E-state index contributed by atoms with van der Waals surface area (Å²) in [5.74, 6) is -0.417. The number of rotatable bonds is 3. The quantitative estimate of drug-likeness (QED) is 0.631. The maximum absolute atomic E-state index is 12.4. The number of carbonyl (C=O) groups is 1. The highest BCUT2D eigenvalue weighted by atomic mass is 16.2. The number of fused-ring (bicyclic) bond motifs is 1. The summed E-state index contributed by atoms with van der Waals surface area (Å²) in [6.45, 7) is 3.48. The minimum absolute atomic E-state index is 0.0828. The van der Waals surface area contributed by atoms with Gasteiger partial charge in [-0.3, -0.25) is 24.2 Å². The van der Waals surface area contributed by atoms with Gasteiger partial charge in [-0.15, -0.1) is 0 Å². The third-order valence-corrected chi connectivity index (χ3v) is 3.66. The van der Waals surface area contributed by atoms with Gasteiger partial charge >= 0.3 is 5.69 Å². The van der Waals surface area contributed by atoms with Crippen LogP contribution >= 0.6 is 0 Å². The molecule has 0 aliphatic carbocycles. The van der Waals surface area contributed by atoms with Crippen molar-refractivity contribution in [3.8, 4) is 0 Å². The second kappa shape index (κ2) is 5.76. The molecule has 0 saturated carbocycles. The number of aromatic amines is 2. The first kappa shape index (κ1) is 15.7. The molecule has 3 heterocycles. The van der Waals surface area contributed by atoms with Gasteiger partial charge in [-0.05, 0) is 31.5 Å². The van der Waals surface area contributed by atoms with Gasteiger partial charge in [-0.25, -0.2) is 9.78 Å². The molecule has 0 aromatic carbocycles. The van der Waals surface area contributed by atoms with E-state index in [1.807, 2.05) is 0 Å². The van der Waals surface area contributed by atoms with E-state index < -0.39 is 17.2 Å². The van der Waals surface area contributed by atoms with Gasteiger partial charge < -0.3 is 5.32 Å². The molecule has 0 saturated heterocycles. The van der Waals surface area contributed by atoms with E-state index in [9.17, 15) is 14.4 Å². The number of hydrogen-bond donors (Lipinski definition) is 3. The molecule has 1 atom stereocenters. The Morgan fingerprint density at radius 2 is 2.08 bits per heavy atom. The summed E-state index contributed by atoms with van der Waals surface area (Å²) in [6, 6.07) is 3.01. The fraction of sp³-hybridized carbons (Fsp3) is 0.267. The number of aryl methyl sites for hydroxylation is 2. The van der Waals surface area contributed by atoms with E-state index in [0.29, 0.717) is 11.3 Å². The van der Waals surface area contributed by atoms with Crippen LogP contribution in [0.2, 0.25) is 0 Å². The topological polar surface area (TPSA) is 126 Å². The molecule has 0 fully saturated rings. The Balaban J connectivity index is 1.95. The predicted molar refractivity (Wildman–Crippen MR) is 86.8 cm³/mol. The largest absolute Gasteiger partial charge is 0.343 e. The second-order valence-corrected chi connectivity index (χ2v) is 5.57. The van der Waals surface area contributed by atoms with Crippen molar-refractivity contribution < 1.29 is 4.79 Å². The van der Waals surface area contributed by atoms with Gasteiger partial charge in [0.2, 0.25) is 0 Å². The van der Waals surface area contributed by atoms with Crippen LogP contribution in [0.3, 0.4) is 0 Å². The van der Waals surface area contributed by atoms with Crippen LogP contribution in [0.5, 0.6) is 0 Å². The molecule has 0 aliphatic heterocycles. The zero-order chi connectivity index (χ0) is 17.4. The molecule has 1 unspecified atom stereocenters. The van der Waals surface area contributed by atoms with Gasteiger partial charge in [0.1, 0.15) is 11.3 Å². The van der Waals surface area contributed by atoms with Crippen LogP contribution in [0.4, 0.5) is 0 Å². The van der Waals surface area contributed by atoms with Gasteiger partial charge in [0.15, 0.2) is 0 Å². The molecule has 124 valence electrons. The second-order valence-electron chi connectivity index (χ2n) is 5.57. The fourth-order valence-electron chi connectivity index (χ4n) is 2.48. The normalized spacial score (nSPS) is 12.3. The highest BCUT2D eigenvalue weighted by molar-refractivity contribution is 5.95. The lowest BCUT2D eigenvalue weighted by Crippen LogP contribution is -2.29. The molecular formula is C15H16N6O3. The lowest BCUT2D eigenvalue weighted by molar-refractivity contribution is 0.0934. The minimum Gasteiger partial charge on any atom is -0.343 e. The van der Waals surface area contributed by atoms with E-state index in [0.717, 1.165) is 0 Å². The van der Waals surface area contributed by atoms with E-state index in [2.05, 4.69) is 25.4 Å². The van der Waals surface area contributed by atoms with Crippen LogP contribution in [-0.2, 0) is 7.05 Å². The summed E-state index contributed by atoms with van der Waals surface area (Å²) >= 11 is 0. The summed E-state index contributed by atoms with van der Waals surface area (Å²) in [4.78, 5) is 44.3. The number of H-pyrrole nitrogens is 2. The Hall–Kier alpha value is -3.23. The molecule has 3 N–H and O–H groups in total. The average Bonchev–Trinajstić information content (AvgIpc) is 2.92. The lowest BCUT2D eigenvalue weighted by Gasteiger charge is -2.12. The third-order valence-electron chi connectivity index (χ3n) is 3.66. The van der Waals surface area contributed by atoms with E-state index in [1.165, 1.54) is 6.07 Å². The zero-order valence-electron chi connectivity index (χ0n) is 13.4. The van der Waals surface area contributed by atoms with E-state index in [-0.39, 0.29) is 22.8 Å². The highest BCUT2D eigenvalue weighted by Crippen LogP contribution is 2.13. The number of pyridine rings is 1. The smallest absolute Gasteiger partial charge is 0.327 e. The van der Waals surface area contributed by atoms with Crippen LogP contribution in [0.1, 0.15) is 34.7 Å². The van der Waals surface area contributed by atoms with Crippen molar-refractivity contribution in [3.05, 3.63) is 56.1 Å². The van der Waals surface area contributed by atoms with E-state index >= 15 is 0 Å². The monoisotopic (exact) mass is 328 g/mol. The number of hydrogen-bond acceptors (Lipinski definition) is 5. The Morgan fingerprint density at radius 1 is 1.33 bits per heavy atom. The van der Waals surface area contributed by atoms with Crippen molar-refractivity contribution in [2.24, 2.45) is 7.05 Å². The number of aromatic nitrogens is 5. The van der Waals surface area contributed by atoms with Crippen LogP contribution in [0, 0.1) is 6.92 Å². The third kappa shape index (κ3) is 2.83. The van der Waals surface area contributed by atoms with Crippen LogP contribution in [-0.4, -0.2) is 30.6 Å². The van der Waals surface area contributed by atoms with Gasteiger partial charge in [0, 0.05) is 13.2 Å². The van der Waals surface area contributed by atoms with Gasteiger partial charge in [-0.1, -0.05) is 0 Å². The summed E-state index contributed by atoms with van der Waals surface area (Å²) in [7, 11) is 1.79. The summed E-state index contributed by atoms with van der Waals surface area (Å²) < 4.78 is 1.65. The molecule has 1 amide bonds. The standard InChI is InChI=1S/C15H16N6O3/c1-7-6-10(17-12-11(7)14(23)19-15(24)18-12)13(22)16-8(2)9-4-5-21(3)20-9/h4-6,8H,1-3H3,(H,16,22)(H2,17,18,19,23,24). The number of nitrogens with zero attached hydrogens (tertiary/aromatic N) is 3. The molecule has 9 nitrogen and oxygen atoms in total. The molecule has 0 bridgehead atoms. The first-order valence-electron chi connectivity index (χ1n) is 7.29. The molecule has 0 spiro atoms. The van der Waals surface area contributed by atoms with Crippen molar-refractivity contribution >= 4 is 16.9 Å². The molecule has 0 aliphatic rings. The van der Waals surface area contributed by atoms with Crippen LogP contribution in [0.15, 0.2) is 27.9 Å². The van der Waals surface area contributed by atoms with Crippen molar-refractivity contribution in [1.29, 1.82) is 0 Å². The fourth-order valence-corrected chi connectivity index (χ4v) is 2.48. The molecule has 9 heteroatoms. The Bertz CT molecular complexity index is 1050. The molecule has 0 radical (unpaired) electrons. The Morgan fingerprint density at radius 3 is 2.75 bits per heavy atom. The number of nitrogens with one attached hydrogen (secondary N) is 3. The zero-order valence-corrected chi connectivity index (χ0v) is 13.4. The summed E-state index contributed by atoms with van der Waals surface area (Å²) in [6.07, 6.45) is 1.79. The molecule has 3 aromatic rings. The van der Waals surface area contributed by atoms with Gasteiger partial charge in [0.05, 0.1) is 17.1 Å². The molecule has 3 rings (SSSR count). The molecule has 24 heavy (non-hydrogen) atoms. The molecular weight excluding hydrogens is 312 g/mol. The lowest BCUT2D eigenvalue weighted by atomic mass is 10.1. The van der Waals surface area contributed by atoms with Crippen LogP contribution < -0.4 is 16.6 Å². The Kier molecular flexibility index (Phi) is 3.76. The SMILES string of the molecule is Cc1cc(C(=O)NC(C)c2ccn(C)n2)nc2[nH]c(=O)[nH]c(=O)c12. The average molecular weight is 328 g/mol.